The summed E-state index contributed by atoms with van der Waals surface area (Å²) in [4.78, 5) is 109. The highest BCUT2D eigenvalue weighted by atomic mass is 16.5. The minimum Gasteiger partial charge on any atom is -0.425 e. The highest BCUT2D eigenvalue weighted by molar-refractivity contribution is 5.99. The van der Waals surface area contributed by atoms with Crippen LogP contribution in [-0.4, -0.2) is 139 Å². The van der Waals surface area contributed by atoms with Gasteiger partial charge >= 0.3 is 0 Å². The number of fused-ring (bicyclic) bond motifs is 4. The number of hydrogen-bond donors (Lipinski definition) is 8. The van der Waals surface area contributed by atoms with E-state index in [1.807, 2.05) is 9.80 Å². The first-order valence-corrected chi connectivity index (χ1v) is 22.7. The number of nitrogens with zero attached hydrogens (tertiary/aromatic N) is 6. The number of aromatic nitrogens is 4. The number of nitrogens with one attached hydrogen (secondary N) is 4. The first-order valence-electron chi connectivity index (χ1n) is 22.7. The molecule has 0 radical (unpaired) electrons. The average molecular weight is 981 g/mol. The van der Waals surface area contributed by atoms with E-state index in [1.54, 1.807) is 72.8 Å². The Balaban J connectivity index is 0.986. The van der Waals surface area contributed by atoms with Crippen molar-refractivity contribution in [2.45, 2.75) is 0 Å². The van der Waals surface area contributed by atoms with Crippen molar-refractivity contribution in [3.63, 3.8) is 0 Å². The van der Waals surface area contributed by atoms with Gasteiger partial charge in [-0.3, -0.25) is 48.2 Å². The monoisotopic (exact) mass is 980 g/mol. The van der Waals surface area contributed by atoms with Gasteiger partial charge in [0.2, 0.25) is 0 Å². The summed E-state index contributed by atoms with van der Waals surface area (Å²) in [5.74, 6) is -3.01. The fraction of sp³-hybridized carbons (Fsp3) is 0.200. The largest absolute Gasteiger partial charge is 0.425 e. The molecule has 22 nitrogen and oxygen atoms in total. The van der Waals surface area contributed by atoms with Crippen molar-refractivity contribution >= 4 is 66.7 Å². The minimum atomic E-state index is -0.784. The van der Waals surface area contributed by atoms with E-state index in [4.69, 9.17) is 0 Å². The van der Waals surface area contributed by atoms with E-state index in [0.29, 0.717) is 21.5 Å². The smallest absolute Gasteiger partial charge is 0.291 e. The zero-order chi connectivity index (χ0) is 51.1. The molecule has 0 aliphatic rings. The number of amides is 4. The van der Waals surface area contributed by atoms with Crippen LogP contribution in [-0.2, 0) is 0 Å². The molecule has 22 heteroatoms. The van der Waals surface area contributed by atoms with Crippen molar-refractivity contribution in [1.29, 1.82) is 0 Å². The van der Waals surface area contributed by atoms with E-state index in [2.05, 4.69) is 21.3 Å². The molecule has 0 aliphatic carbocycles. The van der Waals surface area contributed by atoms with Crippen molar-refractivity contribution in [1.82, 2.24) is 50.0 Å². The predicted molar refractivity (Wildman–Crippen MR) is 264 cm³/mol. The number of rotatable bonds is 19. The first kappa shape index (κ1) is 49.2. The Morgan fingerprint density at radius 3 is 0.778 bits per heavy atom. The molecule has 0 fully saturated rings. The van der Waals surface area contributed by atoms with Gasteiger partial charge in [-0.25, -0.2) is 0 Å². The molecule has 0 aliphatic heterocycles. The van der Waals surface area contributed by atoms with Gasteiger partial charge in [-0.1, -0.05) is 72.8 Å². The third-order valence-corrected chi connectivity index (χ3v) is 12.1. The molecule has 8 aromatic rings. The number of carbonyl (C=O) groups is 4. The Bertz CT molecular complexity index is 3190. The summed E-state index contributed by atoms with van der Waals surface area (Å²) in [5, 5.41) is 55.8. The zero-order valence-electron chi connectivity index (χ0n) is 38.4. The van der Waals surface area contributed by atoms with Gasteiger partial charge in [0.1, 0.15) is 22.8 Å². The molecule has 4 aromatic carbocycles. The lowest BCUT2D eigenvalue weighted by atomic mass is 10.1. The maximum Gasteiger partial charge on any atom is 0.291 e. The van der Waals surface area contributed by atoms with Crippen molar-refractivity contribution in [2.75, 3.05) is 65.4 Å². The highest BCUT2D eigenvalue weighted by Crippen LogP contribution is 2.15. The molecule has 4 aromatic heterocycles. The molecule has 0 saturated carbocycles. The first-order chi connectivity index (χ1) is 34.7. The molecule has 0 atom stereocenters. The zero-order valence-corrected chi connectivity index (χ0v) is 38.4. The van der Waals surface area contributed by atoms with Crippen LogP contribution in [0, 0.1) is 0 Å². The van der Waals surface area contributed by atoms with Crippen LogP contribution in [0.2, 0.25) is 0 Å². The lowest BCUT2D eigenvalue weighted by Crippen LogP contribution is -2.46. The standard InChI is InChI=1S/C50H48N10O12/c61-43(39-27-31-9-1-5-13-35(31)47(65)57(39)69)51-17-21-55(22-18-52-44(62)40-28-32-10-2-6-14-36(32)48(66)58(40)70)25-26-56(23-19-53-45(63)41-29-33-11-3-7-15-37(33)49(67)59(41)71)24-20-54-46(64)42-30-34-12-4-8-16-38(34)50(68)60(42)72/h1-16,27-30,69-72H,17-26H2,(H,51,61)(H,52,62)(H,53,63)(H,54,64). The summed E-state index contributed by atoms with van der Waals surface area (Å²) in [7, 11) is 0. The van der Waals surface area contributed by atoms with Crippen LogP contribution in [0.3, 0.4) is 0 Å². The van der Waals surface area contributed by atoms with Crippen LogP contribution >= 0.6 is 0 Å². The molecule has 0 unspecified atom stereocenters. The van der Waals surface area contributed by atoms with Gasteiger partial charge in [-0.15, -0.1) is 18.9 Å². The Morgan fingerprint density at radius 1 is 0.347 bits per heavy atom. The molecule has 0 bridgehead atoms. The molecule has 4 amide bonds. The quantitative estimate of drug-likeness (QED) is 0.0534. The Morgan fingerprint density at radius 2 is 0.556 bits per heavy atom. The summed E-state index contributed by atoms with van der Waals surface area (Å²) >= 11 is 0. The summed E-state index contributed by atoms with van der Waals surface area (Å²) in [6.07, 6.45) is 0. The van der Waals surface area contributed by atoms with Crippen molar-refractivity contribution in [2.24, 2.45) is 0 Å². The van der Waals surface area contributed by atoms with E-state index >= 15 is 0 Å². The second kappa shape index (κ2) is 21.6. The molecule has 370 valence electrons. The molecule has 8 N–H and O–H groups in total. The molecule has 0 spiro atoms. The summed E-state index contributed by atoms with van der Waals surface area (Å²) in [6, 6.07) is 31.3. The Labute approximate surface area is 406 Å². The summed E-state index contributed by atoms with van der Waals surface area (Å²) in [6.45, 7) is 0.894. The van der Waals surface area contributed by atoms with Gasteiger partial charge in [0.25, 0.3) is 45.9 Å². The van der Waals surface area contributed by atoms with E-state index in [-0.39, 0.29) is 129 Å². The second-order valence-electron chi connectivity index (χ2n) is 16.6. The molecular formula is C50H48N10O12. The highest BCUT2D eigenvalue weighted by Gasteiger charge is 2.21. The third-order valence-electron chi connectivity index (χ3n) is 12.1. The van der Waals surface area contributed by atoms with E-state index in [1.165, 1.54) is 48.5 Å². The Hall–Kier alpha value is -9.28. The minimum absolute atomic E-state index is 0.0238. The van der Waals surface area contributed by atoms with E-state index in [0.717, 1.165) is 0 Å². The SMILES string of the molecule is O=C(NCCN(CCNC(=O)c1cc2ccccc2c(=O)n1O)CCN(CCNC(=O)c1cc2ccccc2c(=O)n1O)CCNC(=O)c1cc2ccccc2c(=O)n1O)c1cc2ccccc2c(=O)n1O. The van der Waals surface area contributed by atoms with Gasteiger partial charge in [0.15, 0.2) is 0 Å². The number of hydrogen-bond acceptors (Lipinski definition) is 14. The number of pyridine rings is 4. The average Bonchev–Trinajstić information content (AvgIpc) is 3.39. The number of carbonyl (C=O) groups excluding carboxylic acids is 4. The van der Waals surface area contributed by atoms with Crippen LogP contribution in [0.4, 0.5) is 0 Å². The predicted octanol–water partition coefficient (Wildman–Crippen LogP) is 1.52. The molecular weight excluding hydrogens is 933 g/mol. The van der Waals surface area contributed by atoms with Crippen LogP contribution < -0.4 is 43.5 Å². The van der Waals surface area contributed by atoms with Gasteiger partial charge in [-0.05, 0) is 70.1 Å². The van der Waals surface area contributed by atoms with Crippen molar-refractivity contribution in [3.8, 4) is 0 Å². The normalized spacial score (nSPS) is 11.4. The lowest BCUT2D eigenvalue weighted by molar-refractivity contribution is 0.0862. The van der Waals surface area contributed by atoms with Crippen LogP contribution in [0.25, 0.3) is 43.1 Å². The van der Waals surface area contributed by atoms with Gasteiger partial charge in [0.05, 0.1) is 21.5 Å². The maximum atomic E-state index is 13.4. The lowest BCUT2D eigenvalue weighted by Gasteiger charge is -2.28. The summed E-state index contributed by atoms with van der Waals surface area (Å²) in [5.41, 5.74) is -4.35. The van der Waals surface area contributed by atoms with Gasteiger partial charge in [0, 0.05) is 65.4 Å². The fourth-order valence-corrected chi connectivity index (χ4v) is 8.27. The third kappa shape index (κ3) is 10.5. The maximum absolute atomic E-state index is 13.4. The van der Waals surface area contributed by atoms with Crippen LogP contribution in [0.1, 0.15) is 42.0 Å². The van der Waals surface area contributed by atoms with Crippen molar-refractivity contribution in [3.05, 3.63) is 186 Å². The van der Waals surface area contributed by atoms with Crippen LogP contribution in [0.5, 0.6) is 0 Å². The van der Waals surface area contributed by atoms with E-state index < -0.39 is 45.9 Å². The molecule has 8 rings (SSSR count). The number of benzene rings is 4. The fourth-order valence-electron chi connectivity index (χ4n) is 8.27. The van der Waals surface area contributed by atoms with Crippen molar-refractivity contribution < 1.29 is 40.0 Å². The topological polar surface area (TPSA) is 292 Å². The molecule has 4 heterocycles. The molecule has 72 heavy (non-hydrogen) atoms. The summed E-state index contributed by atoms with van der Waals surface area (Å²) < 4.78 is 1.08. The molecule has 0 saturated heterocycles. The van der Waals surface area contributed by atoms with Crippen LogP contribution in [0.15, 0.2) is 141 Å². The Kier molecular flexibility index (Phi) is 14.7. The van der Waals surface area contributed by atoms with Gasteiger partial charge in [-0.2, -0.15) is 0 Å². The van der Waals surface area contributed by atoms with E-state index in [9.17, 15) is 59.2 Å². The van der Waals surface area contributed by atoms with Gasteiger partial charge < -0.3 is 42.1 Å². The second-order valence-corrected chi connectivity index (χ2v) is 16.6.